The lowest BCUT2D eigenvalue weighted by atomic mass is 10.1. The van der Waals surface area contributed by atoms with E-state index in [1.165, 1.54) is 12.0 Å². The molecule has 100 valence electrons. The minimum absolute atomic E-state index is 0.313. The molecule has 1 atom stereocenters. The molecule has 3 rings (SSSR count). The third-order valence-electron chi connectivity index (χ3n) is 3.66. The first kappa shape index (κ1) is 12.2. The maximum absolute atomic E-state index is 9.31. The van der Waals surface area contributed by atoms with E-state index in [9.17, 15) is 5.11 Å². The highest BCUT2D eigenvalue weighted by Gasteiger charge is 2.28. The monoisotopic (exact) mass is 258 g/mol. The number of aromatic nitrogens is 1. The predicted molar refractivity (Wildman–Crippen MR) is 71.7 cm³/mol. The van der Waals surface area contributed by atoms with E-state index in [1.807, 2.05) is 25.1 Å². The van der Waals surface area contributed by atoms with Gasteiger partial charge in [0.05, 0.1) is 11.7 Å². The Morgan fingerprint density at radius 3 is 2.84 bits per heavy atom. The van der Waals surface area contributed by atoms with Crippen LogP contribution >= 0.6 is 0 Å². The number of phenols is 1. The maximum atomic E-state index is 9.31. The maximum Gasteiger partial charge on any atom is 0.154 e. The predicted octanol–water partition coefficient (Wildman–Crippen LogP) is 3.03. The molecule has 1 aliphatic heterocycles. The van der Waals surface area contributed by atoms with Crippen molar-refractivity contribution in [1.29, 1.82) is 0 Å². The van der Waals surface area contributed by atoms with Crippen molar-refractivity contribution in [1.82, 2.24) is 10.1 Å². The van der Waals surface area contributed by atoms with Gasteiger partial charge in [0.1, 0.15) is 5.75 Å². The van der Waals surface area contributed by atoms with E-state index in [2.05, 4.69) is 10.1 Å². The number of rotatable bonds is 3. The lowest BCUT2D eigenvalue weighted by Crippen LogP contribution is -2.22. The second-order valence-electron chi connectivity index (χ2n) is 5.17. The van der Waals surface area contributed by atoms with E-state index in [0.717, 1.165) is 31.0 Å². The van der Waals surface area contributed by atoms with Crippen molar-refractivity contribution in [3.05, 3.63) is 47.3 Å². The number of aryl methyl sites for hydroxylation is 1. The van der Waals surface area contributed by atoms with Gasteiger partial charge >= 0.3 is 0 Å². The molecule has 19 heavy (non-hydrogen) atoms. The molecule has 0 amide bonds. The highest BCUT2D eigenvalue weighted by molar-refractivity contribution is 5.26. The summed E-state index contributed by atoms with van der Waals surface area (Å²) >= 11 is 0. The van der Waals surface area contributed by atoms with Gasteiger partial charge in [-0.05, 0) is 44.0 Å². The zero-order chi connectivity index (χ0) is 13.2. The van der Waals surface area contributed by atoms with Crippen LogP contribution in [-0.4, -0.2) is 21.7 Å². The normalized spacial score (nSPS) is 19.9. The average molecular weight is 258 g/mol. The molecule has 1 saturated heterocycles. The van der Waals surface area contributed by atoms with Crippen LogP contribution in [-0.2, 0) is 6.54 Å². The van der Waals surface area contributed by atoms with Crippen molar-refractivity contribution in [2.75, 3.05) is 6.54 Å². The summed E-state index contributed by atoms with van der Waals surface area (Å²) < 4.78 is 5.40. The van der Waals surface area contributed by atoms with Gasteiger partial charge in [0.15, 0.2) is 5.76 Å². The standard InChI is InChI=1S/C15H18N2O2/c1-11-9-15(19-16-11)14-3-2-8-17(14)10-12-4-6-13(18)7-5-12/h4-7,9,14,18H,2-3,8,10H2,1H3/t14-/m0/s1. The van der Waals surface area contributed by atoms with E-state index < -0.39 is 0 Å². The van der Waals surface area contributed by atoms with Crippen LogP contribution in [0.5, 0.6) is 5.75 Å². The smallest absolute Gasteiger partial charge is 0.154 e. The molecule has 1 fully saturated rings. The largest absolute Gasteiger partial charge is 0.508 e. The topological polar surface area (TPSA) is 49.5 Å². The van der Waals surface area contributed by atoms with Gasteiger partial charge in [-0.25, -0.2) is 0 Å². The summed E-state index contributed by atoms with van der Waals surface area (Å²) in [6.07, 6.45) is 2.30. The molecule has 4 heteroatoms. The van der Waals surface area contributed by atoms with Crippen molar-refractivity contribution < 1.29 is 9.63 Å². The zero-order valence-corrected chi connectivity index (χ0v) is 11.0. The molecular formula is C15H18N2O2. The van der Waals surface area contributed by atoms with Gasteiger partial charge in [-0.15, -0.1) is 0 Å². The number of aromatic hydroxyl groups is 1. The molecule has 1 N–H and O–H groups in total. The molecule has 1 aromatic heterocycles. The molecule has 0 saturated carbocycles. The lowest BCUT2D eigenvalue weighted by Gasteiger charge is -2.22. The Morgan fingerprint density at radius 2 is 2.16 bits per heavy atom. The highest BCUT2D eigenvalue weighted by Crippen LogP contribution is 2.33. The second-order valence-corrected chi connectivity index (χ2v) is 5.17. The highest BCUT2D eigenvalue weighted by atomic mass is 16.5. The number of hydrogen-bond donors (Lipinski definition) is 1. The quantitative estimate of drug-likeness (QED) is 0.919. The Kier molecular flexibility index (Phi) is 3.25. The van der Waals surface area contributed by atoms with Gasteiger partial charge in [-0.1, -0.05) is 17.3 Å². The van der Waals surface area contributed by atoms with E-state index in [-0.39, 0.29) is 0 Å². The van der Waals surface area contributed by atoms with Crippen molar-refractivity contribution in [2.45, 2.75) is 32.4 Å². The fraction of sp³-hybridized carbons (Fsp3) is 0.400. The van der Waals surface area contributed by atoms with Crippen LogP contribution in [0.3, 0.4) is 0 Å². The molecule has 0 bridgehead atoms. The average Bonchev–Trinajstić information content (AvgIpc) is 3.01. The Balaban J connectivity index is 1.74. The second kappa shape index (κ2) is 5.05. The fourth-order valence-corrected chi connectivity index (χ4v) is 2.71. The van der Waals surface area contributed by atoms with Crippen LogP contribution in [0.25, 0.3) is 0 Å². The Bertz CT molecular complexity index is 548. The first-order valence-corrected chi connectivity index (χ1v) is 6.67. The van der Waals surface area contributed by atoms with E-state index in [0.29, 0.717) is 11.8 Å². The van der Waals surface area contributed by atoms with E-state index in [4.69, 9.17) is 4.52 Å². The van der Waals surface area contributed by atoms with E-state index in [1.54, 1.807) is 12.1 Å². The van der Waals surface area contributed by atoms with Gasteiger partial charge in [-0.3, -0.25) is 4.90 Å². The summed E-state index contributed by atoms with van der Waals surface area (Å²) in [5, 5.41) is 13.3. The number of hydrogen-bond acceptors (Lipinski definition) is 4. The van der Waals surface area contributed by atoms with Crippen LogP contribution in [0, 0.1) is 6.92 Å². The van der Waals surface area contributed by atoms with Crippen LogP contribution in [0.2, 0.25) is 0 Å². The minimum Gasteiger partial charge on any atom is -0.508 e. The van der Waals surface area contributed by atoms with Crippen molar-refractivity contribution in [3.63, 3.8) is 0 Å². The molecule has 2 aromatic rings. The minimum atomic E-state index is 0.313. The number of phenolic OH excluding ortho intramolecular Hbond substituents is 1. The van der Waals surface area contributed by atoms with E-state index >= 15 is 0 Å². The molecule has 0 unspecified atom stereocenters. The van der Waals surface area contributed by atoms with Gasteiger partial charge in [0.2, 0.25) is 0 Å². The van der Waals surface area contributed by atoms with Crippen LogP contribution < -0.4 is 0 Å². The van der Waals surface area contributed by atoms with Crippen molar-refractivity contribution in [3.8, 4) is 5.75 Å². The van der Waals surface area contributed by atoms with Crippen LogP contribution in [0.1, 0.15) is 35.9 Å². The summed E-state index contributed by atoms with van der Waals surface area (Å²) in [5.41, 5.74) is 2.15. The van der Waals surface area contributed by atoms with Gasteiger partial charge in [0, 0.05) is 12.6 Å². The third-order valence-corrected chi connectivity index (χ3v) is 3.66. The van der Waals surface area contributed by atoms with Gasteiger partial charge in [0.25, 0.3) is 0 Å². The first-order chi connectivity index (χ1) is 9.22. The summed E-state index contributed by atoms with van der Waals surface area (Å²) in [4.78, 5) is 2.41. The summed E-state index contributed by atoms with van der Waals surface area (Å²) in [7, 11) is 0. The summed E-state index contributed by atoms with van der Waals surface area (Å²) in [5.74, 6) is 1.28. The van der Waals surface area contributed by atoms with Crippen LogP contribution in [0.15, 0.2) is 34.9 Å². The summed E-state index contributed by atoms with van der Waals surface area (Å²) in [6.45, 7) is 3.91. The van der Waals surface area contributed by atoms with Gasteiger partial charge in [-0.2, -0.15) is 0 Å². The first-order valence-electron chi connectivity index (χ1n) is 6.67. The molecule has 0 aliphatic carbocycles. The van der Waals surface area contributed by atoms with Crippen LogP contribution in [0.4, 0.5) is 0 Å². The lowest BCUT2D eigenvalue weighted by molar-refractivity contribution is 0.206. The SMILES string of the molecule is Cc1cc([C@@H]2CCCN2Cc2ccc(O)cc2)on1. The Labute approximate surface area is 112 Å². The third kappa shape index (κ3) is 2.63. The zero-order valence-electron chi connectivity index (χ0n) is 11.0. The molecule has 0 radical (unpaired) electrons. The van der Waals surface area contributed by atoms with Crippen molar-refractivity contribution in [2.24, 2.45) is 0 Å². The molecule has 0 spiro atoms. The number of nitrogens with zero attached hydrogens (tertiary/aromatic N) is 2. The Hall–Kier alpha value is -1.81. The molecule has 2 heterocycles. The summed E-state index contributed by atoms with van der Waals surface area (Å²) in [6, 6.07) is 9.76. The number of likely N-dealkylation sites (tertiary alicyclic amines) is 1. The van der Waals surface area contributed by atoms with Gasteiger partial charge < -0.3 is 9.63 Å². The molecule has 1 aliphatic rings. The Morgan fingerprint density at radius 1 is 1.37 bits per heavy atom. The number of benzene rings is 1. The molecular weight excluding hydrogens is 240 g/mol. The molecule has 4 nitrogen and oxygen atoms in total. The fourth-order valence-electron chi connectivity index (χ4n) is 2.71. The molecule has 1 aromatic carbocycles. The van der Waals surface area contributed by atoms with Crippen molar-refractivity contribution >= 4 is 0 Å².